The van der Waals surface area contributed by atoms with Crippen molar-refractivity contribution >= 4 is 17.9 Å². The zero-order valence-corrected chi connectivity index (χ0v) is 20.9. The normalized spacial score (nSPS) is 14.1. The van der Waals surface area contributed by atoms with E-state index >= 15 is 0 Å². The molecular formula is C27H30N8O. The van der Waals surface area contributed by atoms with Crippen molar-refractivity contribution in [3.05, 3.63) is 88.8 Å². The maximum atomic E-state index is 13.0. The first-order chi connectivity index (χ1) is 17.5. The van der Waals surface area contributed by atoms with Gasteiger partial charge in [0.1, 0.15) is 0 Å². The molecule has 1 fully saturated rings. The van der Waals surface area contributed by atoms with E-state index in [4.69, 9.17) is 5.10 Å². The SMILES string of the molecule is Cc1ccc(Cn2nc(C)c(C=CC(=O)N3CCN(c4nnnn4-c4ccccc4)CC3)c2C)cc1. The zero-order valence-electron chi connectivity index (χ0n) is 20.9. The molecule has 2 aromatic carbocycles. The summed E-state index contributed by atoms with van der Waals surface area (Å²) in [6.07, 6.45) is 3.56. The first kappa shape index (κ1) is 23.5. The van der Waals surface area contributed by atoms with Gasteiger partial charge < -0.3 is 9.80 Å². The molecule has 0 atom stereocenters. The minimum absolute atomic E-state index is 0.00221. The highest BCUT2D eigenvalue weighted by atomic mass is 16.2. The Kier molecular flexibility index (Phi) is 6.62. The van der Waals surface area contributed by atoms with Crippen LogP contribution in [0.5, 0.6) is 0 Å². The summed E-state index contributed by atoms with van der Waals surface area (Å²) in [5.74, 6) is 0.693. The number of aryl methyl sites for hydroxylation is 2. The summed E-state index contributed by atoms with van der Waals surface area (Å²) in [5.41, 5.74) is 6.32. The van der Waals surface area contributed by atoms with Crippen molar-refractivity contribution in [1.29, 1.82) is 0 Å². The van der Waals surface area contributed by atoms with Crippen molar-refractivity contribution < 1.29 is 4.79 Å². The number of rotatable bonds is 6. The lowest BCUT2D eigenvalue weighted by atomic mass is 10.1. The lowest BCUT2D eigenvalue weighted by Gasteiger charge is -2.34. The standard InChI is InChI=1S/C27H30N8O/c1-20-9-11-23(12-10-20)19-34-22(3)25(21(2)29-34)13-14-26(36)32-15-17-33(18-16-32)27-28-30-31-35(27)24-7-5-4-6-8-24/h4-14H,15-19H2,1-3H3. The van der Waals surface area contributed by atoms with Crippen LogP contribution in [0.1, 0.15) is 28.1 Å². The molecule has 0 radical (unpaired) electrons. The third kappa shape index (κ3) is 4.91. The fourth-order valence-corrected chi connectivity index (χ4v) is 4.48. The van der Waals surface area contributed by atoms with Crippen LogP contribution in [0.15, 0.2) is 60.7 Å². The summed E-state index contributed by atoms with van der Waals surface area (Å²) >= 11 is 0. The van der Waals surface area contributed by atoms with E-state index in [-0.39, 0.29) is 5.91 Å². The molecule has 3 heterocycles. The fourth-order valence-electron chi connectivity index (χ4n) is 4.48. The first-order valence-corrected chi connectivity index (χ1v) is 12.1. The second-order valence-corrected chi connectivity index (χ2v) is 9.10. The van der Waals surface area contributed by atoms with Gasteiger partial charge in [-0.15, -0.1) is 0 Å². The molecule has 0 saturated carbocycles. The maximum Gasteiger partial charge on any atom is 0.250 e. The topological polar surface area (TPSA) is 85.0 Å². The van der Waals surface area contributed by atoms with Gasteiger partial charge in [-0.2, -0.15) is 9.78 Å². The number of aromatic nitrogens is 6. The minimum Gasteiger partial charge on any atom is -0.336 e. The van der Waals surface area contributed by atoms with Crippen LogP contribution in [-0.2, 0) is 11.3 Å². The molecule has 1 amide bonds. The van der Waals surface area contributed by atoms with Crippen LogP contribution >= 0.6 is 0 Å². The molecule has 1 saturated heterocycles. The van der Waals surface area contributed by atoms with E-state index in [1.165, 1.54) is 11.1 Å². The van der Waals surface area contributed by atoms with E-state index in [2.05, 4.69) is 51.6 Å². The Morgan fingerprint density at radius 2 is 1.67 bits per heavy atom. The van der Waals surface area contributed by atoms with E-state index in [1.54, 1.807) is 10.8 Å². The van der Waals surface area contributed by atoms with Crippen molar-refractivity contribution in [2.45, 2.75) is 27.3 Å². The summed E-state index contributed by atoms with van der Waals surface area (Å²) in [4.78, 5) is 16.9. The second kappa shape index (κ2) is 10.2. The van der Waals surface area contributed by atoms with Crippen molar-refractivity contribution in [2.24, 2.45) is 0 Å². The van der Waals surface area contributed by atoms with Gasteiger partial charge in [0.25, 0.3) is 0 Å². The molecule has 5 rings (SSSR count). The Morgan fingerprint density at radius 1 is 0.944 bits per heavy atom. The Labute approximate surface area is 210 Å². The van der Waals surface area contributed by atoms with Gasteiger partial charge in [0, 0.05) is 43.5 Å². The molecule has 36 heavy (non-hydrogen) atoms. The molecule has 9 nitrogen and oxygen atoms in total. The highest BCUT2D eigenvalue weighted by molar-refractivity contribution is 5.92. The van der Waals surface area contributed by atoms with Crippen LogP contribution in [0.2, 0.25) is 0 Å². The highest BCUT2D eigenvalue weighted by Crippen LogP contribution is 2.19. The van der Waals surface area contributed by atoms with Crippen LogP contribution < -0.4 is 4.90 Å². The molecule has 9 heteroatoms. The number of tetrazole rings is 1. The van der Waals surface area contributed by atoms with Crippen LogP contribution in [0.3, 0.4) is 0 Å². The van der Waals surface area contributed by atoms with Crippen molar-refractivity contribution in [1.82, 2.24) is 34.9 Å². The van der Waals surface area contributed by atoms with E-state index in [0.29, 0.717) is 38.7 Å². The maximum absolute atomic E-state index is 13.0. The van der Waals surface area contributed by atoms with Crippen LogP contribution in [0.25, 0.3) is 11.8 Å². The Morgan fingerprint density at radius 3 is 2.39 bits per heavy atom. The number of hydrogen-bond donors (Lipinski definition) is 0. The van der Waals surface area contributed by atoms with Crippen LogP contribution in [0, 0.1) is 20.8 Å². The smallest absolute Gasteiger partial charge is 0.250 e. The molecule has 0 N–H and O–H groups in total. The number of piperazine rings is 1. The third-order valence-electron chi connectivity index (χ3n) is 6.61. The number of amides is 1. The summed E-state index contributed by atoms with van der Waals surface area (Å²) in [6.45, 7) is 9.37. The largest absolute Gasteiger partial charge is 0.336 e. The number of benzene rings is 2. The second-order valence-electron chi connectivity index (χ2n) is 9.10. The number of para-hydroxylation sites is 1. The molecule has 0 bridgehead atoms. The quantitative estimate of drug-likeness (QED) is 0.393. The molecule has 0 unspecified atom stereocenters. The Balaban J connectivity index is 1.22. The molecule has 1 aliphatic heterocycles. The Bertz CT molecular complexity index is 1360. The summed E-state index contributed by atoms with van der Waals surface area (Å²) < 4.78 is 3.73. The molecule has 2 aromatic heterocycles. The van der Waals surface area contributed by atoms with Crippen LogP contribution in [-0.4, -0.2) is 67.0 Å². The van der Waals surface area contributed by atoms with Gasteiger partial charge in [-0.3, -0.25) is 9.48 Å². The van der Waals surface area contributed by atoms with Gasteiger partial charge in [0.15, 0.2) is 0 Å². The third-order valence-corrected chi connectivity index (χ3v) is 6.61. The molecule has 0 spiro atoms. The summed E-state index contributed by atoms with van der Waals surface area (Å²) in [7, 11) is 0. The number of hydrogen-bond acceptors (Lipinski definition) is 6. The number of anilines is 1. The Hall–Kier alpha value is -4.27. The monoisotopic (exact) mass is 482 g/mol. The molecule has 4 aromatic rings. The fraction of sp³-hybridized carbons (Fsp3) is 0.296. The lowest BCUT2D eigenvalue weighted by molar-refractivity contribution is -0.126. The van der Waals surface area contributed by atoms with Gasteiger partial charge in [0.05, 0.1) is 17.9 Å². The van der Waals surface area contributed by atoms with E-state index in [0.717, 1.165) is 22.6 Å². The van der Waals surface area contributed by atoms with Gasteiger partial charge in [-0.05, 0) is 55.0 Å². The van der Waals surface area contributed by atoms with Crippen molar-refractivity contribution in [3.8, 4) is 5.69 Å². The van der Waals surface area contributed by atoms with Gasteiger partial charge in [-0.1, -0.05) is 53.1 Å². The number of carbonyl (C=O) groups is 1. The predicted molar refractivity (Wildman–Crippen MR) is 139 cm³/mol. The summed E-state index contributed by atoms with van der Waals surface area (Å²) in [6, 6.07) is 18.3. The summed E-state index contributed by atoms with van der Waals surface area (Å²) in [5, 5.41) is 16.9. The molecule has 1 aliphatic rings. The van der Waals surface area contributed by atoms with Gasteiger partial charge >= 0.3 is 0 Å². The van der Waals surface area contributed by atoms with Crippen molar-refractivity contribution in [3.63, 3.8) is 0 Å². The van der Waals surface area contributed by atoms with Gasteiger partial charge in [0.2, 0.25) is 11.9 Å². The van der Waals surface area contributed by atoms with Crippen molar-refractivity contribution in [2.75, 3.05) is 31.1 Å². The van der Waals surface area contributed by atoms with Gasteiger partial charge in [-0.25, -0.2) is 0 Å². The lowest BCUT2D eigenvalue weighted by Crippen LogP contribution is -2.49. The van der Waals surface area contributed by atoms with E-state index in [9.17, 15) is 4.79 Å². The van der Waals surface area contributed by atoms with E-state index < -0.39 is 0 Å². The predicted octanol–water partition coefficient (Wildman–Crippen LogP) is 3.19. The number of carbonyl (C=O) groups excluding carboxylic acids is 1. The first-order valence-electron chi connectivity index (χ1n) is 12.1. The molecular weight excluding hydrogens is 452 g/mol. The molecule has 184 valence electrons. The average molecular weight is 483 g/mol. The zero-order chi connectivity index (χ0) is 25.1. The van der Waals surface area contributed by atoms with Crippen LogP contribution in [0.4, 0.5) is 5.95 Å². The minimum atomic E-state index is 0.00221. The van der Waals surface area contributed by atoms with E-state index in [1.807, 2.05) is 59.8 Å². The highest BCUT2D eigenvalue weighted by Gasteiger charge is 2.24. The molecule has 0 aliphatic carbocycles. The average Bonchev–Trinajstić information content (AvgIpc) is 3.49. The number of nitrogens with zero attached hydrogens (tertiary/aromatic N) is 8.